The van der Waals surface area contributed by atoms with Crippen LogP contribution in [0.3, 0.4) is 0 Å². The number of rotatable bonds is 2. The topological polar surface area (TPSA) is 101 Å². The number of carbonyl (C=O) groups is 1. The third-order valence-corrected chi connectivity index (χ3v) is 3.64. The van der Waals surface area contributed by atoms with Crippen LogP contribution in [0.25, 0.3) is 22.4 Å². The van der Waals surface area contributed by atoms with Gasteiger partial charge in [-0.3, -0.25) is 9.67 Å². The number of H-pyrrole nitrogens is 1. The van der Waals surface area contributed by atoms with E-state index in [1.807, 2.05) is 0 Å². The van der Waals surface area contributed by atoms with Crippen LogP contribution in [0.4, 0.5) is 0 Å². The summed E-state index contributed by atoms with van der Waals surface area (Å²) in [5.74, 6) is -1.65. The first-order valence-electron chi connectivity index (χ1n) is 5.56. The summed E-state index contributed by atoms with van der Waals surface area (Å²) >= 11 is 3.24. The Hall–Kier alpha value is -2.35. The lowest BCUT2D eigenvalue weighted by molar-refractivity contribution is 0.0688. The van der Waals surface area contributed by atoms with Crippen LogP contribution in [0.15, 0.2) is 31.9 Å². The van der Waals surface area contributed by atoms with E-state index < -0.39 is 11.7 Å². The molecule has 0 radical (unpaired) electrons. The van der Waals surface area contributed by atoms with Crippen LogP contribution in [-0.2, 0) is 7.05 Å². The molecule has 0 saturated carbocycles. The molecule has 2 heterocycles. The van der Waals surface area contributed by atoms with E-state index in [-0.39, 0.29) is 5.69 Å². The summed E-state index contributed by atoms with van der Waals surface area (Å²) in [6, 6.07) is 5.09. The number of carboxylic acids is 1. The van der Waals surface area contributed by atoms with Crippen molar-refractivity contribution in [2.24, 2.45) is 7.05 Å². The Morgan fingerprint density at radius 3 is 2.90 bits per heavy atom. The molecule has 102 valence electrons. The monoisotopic (exact) mass is 337 g/mol. The summed E-state index contributed by atoms with van der Waals surface area (Å²) in [5, 5.41) is 13.0. The van der Waals surface area contributed by atoms with E-state index in [2.05, 4.69) is 26.0 Å². The number of fused-ring (bicyclic) bond motifs is 1. The fourth-order valence-electron chi connectivity index (χ4n) is 2.04. The lowest BCUT2D eigenvalue weighted by atomic mass is 10.1. The van der Waals surface area contributed by atoms with Gasteiger partial charge >= 0.3 is 11.7 Å². The van der Waals surface area contributed by atoms with Crippen LogP contribution in [0.1, 0.15) is 10.5 Å². The number of aryl methyl sites for hydroxylation is 1. The van der Waals surface area contributed by atoms with Crippen LogP contribution < -0.4 is 5.76 Å². The molecule has 0 spiro atoms. The van der Waals surface area contributed by atoms with Crippen molar-refractivity contribution < 1.29 is 14.3 Å². The van der Waals surface area contributed by atoms with Crippen LogP contribution in [-0.4, -0.2) is 25.8 Å². The molecule has 3 aromatic rings. The van der Waals surface area contributed by atoms with E-state index in [1.54, 1.807) is 25.2 Å². The molecule has 2 aromatic heterocycles. The van der Waals surface area contributed by atoms with Crippen molar-refractivity contribution in [3.63, 3.8) is 0 Å². The molecule has 2 N–H and O–H groups in total. The van der Waals surface area contributed by atoms with E-state index in [9.17, 15) is 9.59 Å². The van der Waals surface area contributed by atoms with Crippen LogP contribution in [0.5, 0.6) is 0 Å². The highest BCUT2D eigenvalue weighted by Crippen LogP contribution is 2.32. The number of nitrogens with one attached hydrogen (secondary N) is 1. The van der Waals surface area contributed by atoms with Gasteiger partial charge < -0.3 is 9.52 Å². The minimum atomic E-state index is -1.12. The zero-order chi connectivity index (χ0) is 14.4. The van der Waals surface area contributed by atoms with Gasteiger partial charge in [0.1, 0.15) is 0 Å². The Labute approximate surface area is 120 Å². The van der Waals surface area contributed by atoms with Crippen molar-refractivity contribution in [1.29, 1.82) is 0 Å². The Kier molecular flexibility index (Phi) is 2.75. The summed E-state index contributed by atoms with van der Waals surface area (Å²) in [5.41, 5.74) is 2.19. The van der Waals surface area contributed by atoms with Crippen LogP contribution in [0, 0.1) is 0 Å². The molecule has 8 heteroatoms. The maximum atomic E-state index is 11.1. The zero-order valence-electron chi connectivity index (χ0n) is 10.2. The highest BCUT2D eigenvalue weighted by molar-refractivity contribution is 9.10. The third kappa shape index (κ3) is 1.85. The Morgan fingerprint density at radius 1 is 1.50 bits per heavy atom. The maximum absolute atomic E-state index is 11.1. The molecule has 0 atom stereocenters. The number of aromatic nitrogens is 3. The molecule has 20 heavy (non-hydrogen) atoms. The van der Waals surface area contributed by atoms with Crippen molar-refractivity contribution in [2.45, 2.75) is 0 Å². The predicted molar refractivity (Wildman–Crippen MR) is 73.7 cm³/mol. The van der Waals surface area contributed by atoms with E-state index in [1.165, 1.54) is 4.68 Å². The minimum Gasteiger partial charge on any atom is -0.476 e. The normalized spacial score (nSPS) is 11.1. The molecule has 0 amide bonds. The number of carboxylic acid groups (broad SMARTS) is 1. The number of aromatic amines is 1. The summed E-state index contributed by atoms with van der Waals surface area (Å²) in [4.78, 5) is 24.7. The molecule has 0 unspecified atom stereocenters. The van der Waals surface area contributed by atoms with Gasteiger partial charge in [0.05, 0.1) is 15.7 Å². The van der Waals surface area contributed by atoms with Gasteiger partial charge in [-0.25, -0.2) is 9.59 Å². The van der Waals surface area contributed by atoms with Gasteiger partial charge in [0.2, 0.25) is 0 Å². The summed E-state index contributed by atoms with van der Waals surface area (Å²) in [6.45, 7) is 0. The average molecular weight is 338 g/mol. The van der Waals surface area contributed by atoms with E-state index >= 15 is 0 Å². The standard InChI is InChI=1S/C12H8BrN3O4/c1-16-10(8(13)9(15-16)11(17)18)5-2-3-6-7(4-5)20-12(19)14-6/h2-4H,1H3,(H,14,19)(H,17,18). The van der Waals surface area contributed by atoms with Gasteiger partial charge in [-0.2, -0.15) is 5.10 Å². The van der Waals surface area contributed by atoms with Gasteiger partial charge in [-0.15, -0.1) is 0 Å². The Morgan fingerprint density at radius 2 is 2.25 bits per heavy atom. The van der Waals surface area contributed by atoms with Crippen molar-refractivity contribution in [3.05, 3.63) is 38.9 Å². The van der Waals surface area contributed by atoms with Gasteiger partial charge in [-0.05, 0) is 28.1 Å². The first-order chi connectivity index (χ1) is 9.47. The highest BCUT2D eigenvalue weighted by atomic mass is 79.9. The summed E-state index contributed by atoms with van der Waals surface area (Å²) < 4.78 is 6.83. The average Bonchev–Trinajstić information content (AvgIpc) is 2.88. The van der Waals surface area contributed by atoms with Crippen molar-refractivity contribution in [1.82, 2.24) is 14.8 Å². The molecule has 3 rings (SSSR count). The van der Waals surface area contributed by atoms with E-state index in [0.29, 0.717) is 26.8 Å². The smallest absolute Gasteiger partial charge is 0.417 e. The molecular weight excluding hydrogens is 330 g/mol. The zero-order valence-corrected chi connectivity index (χ0v) is 11.8. The highest BCUT2D eigenvalue weighted by Gasteiger charge is 2.20. The number of halogens is 1. The lowest BCUT2D eigenvalue weighted by Gasteiger charge is -2.02. The van der Waals surface area contributed by atoms with E-state index in [0.717, 1.165) is 0 Å². The number of oxazole rings is 1. The fourth-order valence-corrected chi connectivity index (χ4v) is 2.78. The van der Waals surface area contributed by atoms with Crippen LogP contribution >= 0.6 is 15.9 Å². The number of nitrogens with zero attached hydrogens (tertiary/aromatic N) is 2. The second-order valence-electron chi connectivity index (χ2n) is 4.17. The maximum Gasteiger partial charge on any atom is 0.417 e. The fraction of sp³-hybridized carbons (Fsp3) is 0.0833. The first kappa shape index (κ1) is 12.7. The second-order valence-corrected chi connectivity index (χ2v) is 4.96. The van der Waals surface area contributed by atoms with Gasteiger partial charge in [0, 0.05) is 12.6 Å². The SMILES string of the molecule is Cn1nc(C(=O)O)c(Br)c1-c1ccc2[nH]c(=O)oc2c1. The van der Waals surface area contributed by atoms with Crippen LogP contribution in [0.2, 0.25) is 0 Å². The quantitative estimate of drug-likeness (QED) is 0.744. The molecule has 0 aliphatic heterocycles. The second kappa shape index (κ2) is 4.34. The molecule has 0 aliphatic rings. The van der Waals surface area contributed by atoms with Gasteiger partial charge in [0.15, 0.2) is 11.3 Å². The number of benzene rings is 1. The Balaban J connectivity index is 2.24. The van der Waals surface area contributed by atoms with Crippen molar-refractivity contribution >= 4 is 33.0 Å². The van der Waals surface area contributed by atoms with Crippen molar-refractivity contribution in [3.8, 4) is 11.3 Å². The summed E-state index contributed by atoms with van der Waals surface area (Å²) in [7, 11) is 1.64. The predicted octanol–water partition coefficient (Wildman–Crippen LogP) is 1.98. The molecule has 0 aliphatic carbocycles. The van der Waals surface area contributed by atoms with Gasteiger partial charge in [-0.1, -0.05) is 6.07 Å². The molecule has 0 bridgehead atoms. The third-order valence-electron chi connectivity index (χ3n) is 2.89. The molecule has 0 saturated heterocycles. The molecular formula is C12H8BrN3O4. The van der Waals surface area contributed by atoms with Crippen molar-refractivity contribution in [2.75, 3.05) is 0 Å². The molecule has 0 fully saturated rings. The number of aromatic carboxylic acids is 1. The first-order valence-corrected chi connectivity index (χ1v) is 6.35. The minimum absolute atomic E-state index is 0.0712. The Bertz CT molecular complexity index is 890. The number of hydrogen-bond acceptors (Lipinski definition) is 4. The summed E-state index contributed by atoms with van der Waals surface area (Å²) in [6.07, 6.45) is 0. The largest absolute Gasteiger partial charge is 0.476 e. The molecule has 7 nitrogen and oxygen atoms in total. The lowest BCUT2D eigenvalue weighted by Crippen LogP contribution is -1.99. The number of hydrogen-bond donors (Lipinski definition) is 2. The molecule has 1 aromatic carbocycles. The van der Waals surface area contributed by atoms with E-state index in [4.69, 9.17) is 9.52 Å². The van der Waals surface area contributed by atoms with Gasteiger partial charge in [0.25, 0.3) is 0 Å².